The maximum absolute atomic E-state index is 13.7. The molecule has 0 amide bonds. The molecule has 23 heavy (non-hydrogen) atoms. The van der Waals surface area contributed by atoms with E-state index in [4.69, 9.17) is 9.84 Å². The number of hydrogen-bond donors (Lipinski definition) is 2. The van der Waals surface area contributed by atoms with E-state index in [1.165, 1.54) is 0 Å². The molecule has 0 aromatic carbocycles. The quantitative estimate of drug-likeness (QED) is 0.598. The van der Waals surface area contributed by atoms with Gasteiger partial charge >= 0.3 is 23.9 Å². The number of carbonyl (C=O) groups is 1. The van der Waals surface area contributed by atoms with Gasteiger partial charge in [-0.2, -0.15) is 22.0 Å². The minimum atomic E-state index is -5.80. The van der Waals surface area contributed by atoms with Gasteiger partial charge in [0.15, 0.2) is 0 Å². The maximum atomic E-state index is 13.7. The molecule has 5 nitrogen and oxygen atoms in total. The van der Waals surface area contributed by atoms with E-state index in [9.17, 15) is 31.9 Å². The molecule has 0 spiro atoms. The van der Waals surface area contributed by atoms with Gasteiger partial charge in [0, 0.05) is 5.92 Å². The summed E-state index contributed by atoms with van der Waals surface area (Å²) in [5.41, 5.74) is -0.907. The van der Waals surface area contributed by atoms with E-state index >= 15 is 0 Å². The van der Waals surface area contributed by atoms with E-state index < -0.39 is 54.5 Å². The number of rotatable bonds is 4. The predicted molar refractivity (Wildman–Crippen MR) is 66.4 cm³/mol. The third-order valence-electron chi connectivity index (χ3n) is 4.03. The van der Waals surface area contributed by atoms with Crippen LogP contribution in [0.15, 0.2) is 0 Å². The molecule has 0 radical (unpaired) electrons. The van der Waals surface area contributed by atoms with Crippen LogP contribution in [0.3, 0.4) is 0 Å². The van der Waals surface area contributed by atoms with Crippen molar-refractivity contribution in [1.82, 2.24) is 0 Å². The molecule has 0 bridgehead atoms. The maximum Gasteiger partial charge on any atom is 0.449 e. The number of aliphatic hydroxyl groups is 2. The first kappa shape index (κ1) is 20.0. The second-order valence-electron chi connectivity index (χ2n) is 6.12. The van der Waals surface area contributed by atoms with Crippen molar-refractivity contribution in [2.45, 2.75) is 51.2 Å². The van der Waals surface area contributed by atoms with Gasteiger partial charge in [-0.1, -0.05) is 6.92 Å². The van der Waals surface area contributed by atoms with E-state index in [1.807, 2.05) is 0 Å². The summed E-state index contributed by atoms with van der Waals surface area (Å²) in [6.07, 6.45) is -8.30. The zero-order valence-corrected chi connectivity index (χ0v) is 12.8. The third kappa shape index (κ3) is 3.43. The molecule has 1 rings (SSSR count). The van der Waals surface area contributed by atoms with Crippen LogP contribution in [0.5, 0.6) is 0 Å². The van der Waals surface area contributed by atoms with Gasteiger partial charge < -0.3 is 19.7 Å². The molecule has 1 aliphatic heterocycles. The Hall–Kier alpha value is -1.00. The van der Waals surface area contributed by atoms with E-state index in [1.54, 1.807) is 20.8 Å². The van der Waals surface area contributed by atoms with Crippen molar-refractivity contribution in [3.8, 4) is 0 Å². The Morgan fingerprint density at radius 1 is 1.35 bits per heavy atom. The summed E-state index contributed by atoms with van der Waals surface area (Å²) >= 11 is 0. The van der Waals surface area contributed by atoms with Crippen LogP contribution in [0.25, 0.3) is 0 Å². The van der Waals surface area contributed by atoms with Crippen molar-refractivity contribution in [3.63, 3.8) is 0 Å². The number of carbonyl (C=O) groups excluding carboxylic acids is 1. The molecule has 1 fully saturated rings. The summed E-state index contributed by atoms with van der Waals surface area (Å²) in [4.78, 5) is 11.7. The molecule has 0 aromatic heterocycles. The first-order valence-electron chi connectivity index (χ1n) is 6.87. The Morgan fingerprint density at radius 3 is 2.30 bits per heavy atom. The normalized spacial score (nSPS) is 31.7. The molecular formula is C13H19F5O5. The summed E-state index contributed by atoms with van der Waals surface area (Å²) in [5.74, 6) is -12.2. The van der Waals surface area contributed by atoms with Crippen LogP contribution >= 0.6 is 0 Å². The fraction of sp³-hybridized carbons (Fsp3) is 0.923. The van der Waals surface area contributed by atoms with Crippen LogP contribution in [0.2, 0.25) is 0 Å². The van der Waals surface area contributed by atoms with Gasteiger partial charge in [0.05, 0.1) is 18.6 Å². The fourth-order valence-electron chi connectivity index (χ4n) is 1.84. The molecule has 1 heterocycles. The highest BCUT2D eigenvalue weighted by Gasteiger charge is 2.76. The summed E-state index contributed by atoms with van der Waals surface area (Å²) in [7, 11) is 0. The fourth-order valence-corrected chi connectivity index (χ4v) is 1.84. The molecule has 3 unspecified atom stereocenters. The lowest BCUT2D eigenvalue weighted by Gasteiger charge is -2.45. The molecular weight excluding hydrogens is 331 g/mol. The molecule has 0 aliphatic carbocycles. The van der Waals surface area contributed by atoms with Gasteiger partial charge in [0.25, 0.3) is 0 Å². The average molecular weight is 350 g/mol. The van der Waals surface area contributed by atoms with Crippen molar-refractivity contribution in [3.05, 3.63) is 0 Å². The van der Waals surface area contributed by atoms with E-state index in [2.05, 4.69) is 4.74 Å². The van der Waals surface area contributed by atoms with Crippen LogP contribution in [0, 0.1) is 11.3 Å². The monoisotopic (exact) mass is 350 g/mol. The van der Waals surface area contributed by atoms with E-state index in [-0.39, 0.29) is 0 Å². The summed E-state index contributed by atoms with van der Waals surface area (Å²) < 4.78 is 73.9. The van der Waals surface area contributed by atoms with Crippen LogP contribution < -0.4 is 0 Å². The van der Waals surface area contributed by atoms with Crippen molar-refractivity contribution < 1.29 is 46.4 Å². The van der Waals surface area contributed by atoms with Gasteiger partial charge in [0.1, 0.15) is 6.10 Å². The number of ether oxygens (including phenoxy) is 2. The van der Waals surface area contributed by atoms with Gasteiger partial charge in [-0.3, -0.25) is 4.79 Å². The Labute approximate surface area is 129 Å². The van der Waals surface area contributed by atoms with Crippen LogP contribution in [0.1, 0.15) is 27.2 Å². The second-order valence-corrected chi connectivity index (χ2v) is 6.12. The van der Waals surface area contributed by atoms with Gasteiger partial charge in [-0.15, -0.1) is 0 Å². The largest absolute Gasteiger partial charge is 0.465 e. The third-order valence-corrected chi connectivity index (χ3v) is 4.03. The van der Waals surface area contributed by atoms with Crippen molar-refractivity contribution in [1.29, 1.82) is 0 Å². The smallest absolute Gasteiger partial charge is 0.449 e. The SMILES string of the molecule is CCC(C)(C)C(=O)OCC1COC(O)(C(F)(F)F)C(F)(F)C1O. The average Bonchev–Trinajstić information content (AvgIpc) is 2.43. The molecule has 2 N–H and O–H groups in total. The molecule has 0 saturated carbocycles. The minimum absolute atomic E-state index is 0.388. The molecule has 136 valence electrons. The molecule has 3 atom stereocenters. The standard InChI is InChI=1S/C13H19F5O5/c1-4-10(2,3)9(20)22-5-7-6-23-12(21,13(16,17)18)11(14,15)8(7)19/h7-8,19,21H,4-6H2,1-3H3. The zero-order valence-electron chi connectivity index (χ0n) is 12.8. The topological polar surface area (TPSA) is 76.0 Å². The Morgan fingerprint density at radius 2 is 1.87 bits per heavy atom. The van der Waals surface area contributed by atoms with E-state index in [0.717, 1.165) is 0 Å². The van der Waals surface area contributed by atoms with Gasteiger partial charge in [0.2, 0.25) is 0 Å². The summed E-state index contributed by atoms with van der Waals surface area (Å²) in [6.45, 7) is 2.97. The van der Waals surface area contributed by atoms with Gasteiger partial charge in [-0.05, 0) is 20.3 Å². The first-order valence-corrected chi connectivity index (χ1v) is 6.87. The Kier molecular flexibility index (Phi) is 5.35. The number of hydrogen-bond acceptors (Lipinski definition) is 5. The number of esters is 1. The van der Waals surface area contributed by atoms with Crippen molar-refractivity contribution >= 4 is 5.97 Å². The van der Waals surface area contributed by atoms with Crippen LogP contribution in [0.4, 0.5) is 22.0 Å². The van der Waals surface area contributed by atoms with Crippen LogP contribution in [-0.2, 0) is 14.3 Å². The van der Waals surface area contributed by atoms with E-state index in [0.29, 0.717) is 6.42 Å². The number of halogens is 5. The number of aliphatic hydroxyl groups excluding tert-OH is 1. The summed E-state index contributed by atoms with van der Waals surface area (Å²) in [6, 6.07) is 0. The molecule has 1 saturated heterocycles. The highest BCUT2D eigenvalue weighted by atomic mass is 19.4. The molecule has 1 aliphatic rings. The van der Waals surface area contributed by atoms with Gasteiger partial charge in [-0.25, -0.2) is 0 Å². The second kappa shape index (κ2) is 6.14. The number of alkyl halides is 5. The lowest BCUT2D eigenvalue weighted by molar-refractivity contribution is -0.463. The Bertz CT molecular complexity index is 451. The van der Waals surface area contributed by atoms with Crippen molar-refractivity contribution in [2.75, 3.05) is 13.2 Å². The minimum Gasteiger partial charge on any atom is -0.465 e. The molecule has 0 aromatic rings. The molecule has 10 heteroatoms. The summed E-state index contributed by atoms with van der Waals surface area (Å²) in [5, 5.41) is 18.6. The zero-order chi connectivity index (χ0) is 18.3. The Balaban J connectivity index is 2.83. The van der Waals surface area contributed by atoms with Crippen molar-refractivity contribution in [2.24, 2.45) is 11.3 Å². The highest BCUT2D eigenvalue weighted by Crippen LogP contribution is 2.49. The lowest BCUT2D eigenvalue weighted by Crippen LogP contribution is -2.70. The highest BCUT2D eigenvalue weighted by molar-refractivity contribution is 5.75. The lowest BCUT2D eigenvalue weighted by atomic mass is 9.88. The predicted octanol–water partition coefficient (Wildman–Crippen LogP) is 1.86. The van der Waals surface area contributed by atoms with Crippen LogP contribution in [-0.4, -0.2) is 53.4 Å². The first-order chi connectivity index (χ1) is 10.2.